The van der Waals surface area contributed by atoms with E-state index in [4.69, 9.17) is 9.72 Å². The molecule has 1 fully saturated rings. The molecule has 1 atom stereocenters. The van der Waals surface area contributed by atoms with Crippen LogP contribution in [-0.2, 0) is 11.3 Å². The lowest BCUT2D eigenvalue weighted by atomic mass is 10.2. The molecule has 2 aromatic carbocycles. The van der Waals surface area contributed by atoms with Gasteiger partial charge in [-0.15, -0.1) is 0 Å². The molecule has 1 saturated heterocycles. The summed E-state index contributed by atoms with van der Waals surface area (Å²) in [6.07, 6.45) is 0.386. The number of hydrogen-bond donors (Lipinski definition) is 1. The van der Waals surface area contributed by atoms with Crippen LogP contribution in [0.2, 0.25) is 0 Å². The monoisotopic (exact) mass is 410 g/mol. The highest BCUT2D eigenvalue weighted by Crippen LogP contribution is 2.27. The minimum absolute atomic E-state index is 0.0263. The molecule has 6 nitrogen and oxygen atoms in total. The van der Waals surface area contributed by atoms with Gasteiger partial charge in [-0.3, -0.25) is 0 Å². The van der Waals surface area contributed by atoms with Crippen molar-refractivity contribution in [2.75, 3.05) is 18.0 Å². The topological polar surface area (TPSA) is 59.4 Å². The third-order valence-corrected chi connectivity index (χ3v) is 5.11. The molecule has 1 aliphatic heterocycles. The molecule has 0 radical (unpaired) electrons. The van der Waals surface area contributed by atoms with E-state index in [-0.39, 0.29) is 11.9 Å². The number of halogens is 1. The van der Waals surface area contributed by atoms with Crippen LogP contribution >= 0.6 is 0 Å². The summed E-state index contributed by atoms with van der Waals surface area (Å²) in [5.74, 6) is 0.556. The zero-order valence-electron chi connectivity index (χ0n) is 17.6. The van der Waals surface area contributed by atoms with E-state index in [0.29, 0.717) is 18.7 Å². The van der Waals surface area contributed by atoms with Gasteiger partial charge in [-0.05, 0) is 45.4 Å². The number of hydrogen-bond acceptors (Lipinski definition) is 4. The molecule has 4 rings (SSSR count). The summed E-state index contributed by atoms with van der Waals surface area (Å²) in [5, 5.41) is 2.95. The molecule has 0 saturated carbocycles. The molecule has 7 heteroatoms. The lowest BCUT2D eigenvalue weighted by Crippen LogP contribution is -2.40. The standard InChI is InChI=1S/C23H27FN4O2/c1-23(2,3)30-22(29)25-17-12-13-27(15-17)21-26-19-10-6-7-11-20(19)28(21)14-16-8-4-5-9-18(16)24/h4-11,17H,12-15H2,1-3H3,(H,25,29). The van der Waals surface area contributed by atoms with E-state index in [1.165, 1.54) is 6.07 Å². The number of fused-ring (bicyclic) bond motifs is 1. The summed E-state index contributed by atoms with van der Waals surface area (Å²) in [7, 11) is 0. The molecular formula is C23H27FN4O2. The largest absolute Gasteiger partial charge is 0.444 e. The number of imidazole rings is 1. The maximum absolute atomic E-state index is 14.3. The normalized spacial score (nSPS) is 16.8. The summed E-state index contributed by atoms with van der Waals surface area (Å²) in [6, 6.07) is 14.7. The highest BCUT2D eigenvalue weighted by Gasteiger charge is 2.29. The van der Waals surface area contributed by atoms with Gasteiger partial charge in [-0.2, -0.15) is 0 Å². The molecule has 1 unspecified atom stereocenters. The van der Waals surface area contributed by atoms with Crippen LogP contribution in [0.5, 0.6) is 0 Å². The van der Waals surface area contributed by atoms with Crippen LogP contribution in [0, 0.1) is 5.82 Å². The van der Waals surface area contributed by atoms with E-state index < -0.39 is 11.7 Å². The maximum atomic E-state index is 14.3. The number of aromatic nitrogens is 2. The number of nitrogens with one attached hydrogen (secondary N) is 1. The van der Waals surface area contributed by atoms with Crippen LogP contribution in [0.15, 0.2) is 48.5 Å². The van der Waals surface area contributed by atoms with Crippen molar-refractivity contribution in [3.05, 3.63) is 59.9 Å². The van der Waals surface area contributed by atoms with Crippen molar-refractivity contribution in [1.82, 2.24) is 14.9 Å². The highest BCUT2D eigenvalue weighted by molar-refractivity contribution is 5.79. The number of carbonyl (C=O) groups is 1. The van der Waals surface area contributed by atoms with E-state index in [0.717, 1.165) is 29.9 Å². The van der Waals surface area contributed by atoms with Crippen LogP contribution in [0.3, 0.4) is 0 Å². The van der Waals surface area contributed by atoms with Crippen molar-refractivity contribution >= 4 is 23.1 Å². The third-order valence-electron chi connectivity index (χ3n) is 5.11. The minimum Gasteiger partial charge on any atom is -0.444 e. The van der Waals surface area contributed by atoms with E-state index in [2.05, 4.69) is 10.2 Å². The SMILES string of the molecule is CC(C)(C)OC(=O)NC1CCN(c2nc3ccccc3n2Cc2ccccc2F)C1. The number of nitrogens with zero attached hydrogens (tertiary/aromatic N) is 3. The van der Waals surface area contributed by atoms with Crippen molar-refractivity contribution in [2.24, 2.45) is 0 Å². The summed E-state index contributed by atoms with van der Waals surface area (Å²) >= 11 is 0. The third kappa shape index (κ3) is 4.40. The number of ether oxygens (including phenoxy) is 1. The first-order valence-electron chi connectivity index (χ1n) is 10.2. The number of amides is 1. The van der Waals surface area contributed by atoms with E-state index in [1.54, 1.807) is 12.1 Å². The Morgan fingerprint density at radius 2 is 1.93 bits per heavy atom. The Morgan fingerprint density at radius 1 is 1.20 bits per heavy atom. The Bertz CT molecular complexity index is 1060. The van der Waals surface area contributed by atoms with Gasteiger partial charge < -0.3 is 19.5 Å². The molecule has 1 amide bonds. The summed E-state index contributed by atoms with van der Waals surface area (Å²) in [5.41, 5.74) is 1.91. The van der Waals surface area contributed by atoms with Crippen LogP contribution in [0.25, 0.3) is 11.0 Å². The summed E-state index contributed by atoms with van der Waals surface area (Å²) < 4.78 is 21.7. The van der Waals surface area contributed by atoms with Crippen LogP contribution in [0.4, 0.5) is 15.1 Å². The van der Waals surface area contributed by atoms with Gasteiger partial charge in [0.15, 0.2) is 0 Å². The molecule has 1 aliphatic rings. The van der Waals surface area contributed by atoms with Crippen molar-refractivity contribution < 1.29 is 13.9 Å². The van der Waals surface area contributed by atoms with Crippen LogP contribution in [0.1, 0.15) is 32.8 Å². The Morgan fingerprint density at radius 3 is 2.70 bits per heavy atom. The fraction of sp³-hybridized carbons (Fsp3) is 0.391. The second-order valence-electron chi connectivity index (χ2n) is 8.66. The number of benzene rings is 2. The first kappa shape index (κ1) is 20.2. The summed E-state index contributed by atoms with van der Waals surface area (Å²) in [6.45, 7) is 7.31. The predicted molar refractivity (Wildman–Crippen MR) is 115 cm³/mol. The minimum atomic E-state index is -0.532. The zero-order chi connectivity index (χ0) is 21.3. The Labute approximate surface area is 175 Å². The average molecular weight is 410 g/mol. The number of carbonyl (C=O) groups excluding carboxylic acids is 1. The van der Waals surface area contributed by atoms with E-state index in [9.17, 15) is 9.18 Å². The highest BCUT2D eigenvalue weighted by atomic mass is 19.1. The molecule has 30 heavy (non-hydrogen) atoms. The van der Waals surface area contributed by atoms with Gasteiger partial charge in [0, 0.05) is 18.7 Å². The first-order valence-corrected chi connectivity index (χ1v) is 10.2. The summed E-state index contributed by atoms with van der Waals surface area (Å²) in [4.78, 5) is 19.1. The average Bonchev–Trinajstić information content (AvgIpc) is 3.27. The Hall–Kier alpha value is -3.09. The quantitative estimate of drug-likeness (QED) is 0.696. The zero-order valence-corrected chi connectivity index (χ0v) is 17.6. The molecule has 0 spiro atoms. The molecule has 1 aromatic heterocycles. The lowest BCUT2D eigenvalue weighted by molar-refractivity contribution is 0.0509. The number of rotatable bonds is 4. The van der Waals surface area contributed by atoms with Gasteiger partial charge in [0.25, 0.3) is 0 Å². The Kier molecular flexibility index (Phi) is 5.37. The fourth-order valence-electron chi connectivity index (χ4n) is 3.79. The number of alkyl carbamates (subject to hydrolysis) is 1. The van der Waals surface area contributed by atoms with Gasteiger partial charge in [0.1, 0.15) is 11.4 Å². The molecule has 0 aliphatic carbocycles. The molecule has 2 heterocycles. The lowest BCUT2D eigenvalue weighted by Gasteiger charge is -2.22. The van der Waals surface area contributed by atoms with Gasteiger partial charge in [-0.25, -0.2) is 14.2 Å². The van der Waals surface area contributed by atoms with Crippen molar-refractivity contribution in [1.29, 1.82) is 0 Å². The van der Waals surface area contributed by atoms with E-state index >= 15 is 0 Å². The van der Waals surface area contributed by atoms with Gasteiger partial charge in [0.05, 0.1) is 23.6 Å². The van der Waals surface area contributed by atoms with Crippen LogP contribution in [-0.4, -0.2) is 40.4 Å². The molecular weight excluding hydrogens is 383 g/mol. The molecule has 3 aromatic rings. The second-order valence-corrected chi connectivity index (χ2v) is 8.66. The molecule has 0 bridgehead atoms. The second kappa shape index (κ2) is 7.97. The Balaban J connectivity index is 1.57. The first-order chi connectivity index (χ1) is 14.3. The predicted octanol–water partition coefficient (Wildman–Crippen LogP) is 4.33. The van der Waals surface area contributed by atoms with Gasteiger partial charge in [0.2, 0.25) is 5.95 Å². The van der Waals surface area contributed by atoms with Gasteiger partial charge >= 0.3 is 6.09 Å². The smallest absolute Gasteiger partial charge is 0.407 e. The number of anilines is 1. The number of para-hydroxylation sites is 2. The van der Waals surface area contributed by atoms with Crippen molar-refractivity contribution in [3.63, 3.8) is 0 Å². The van der Waals surface area contributed by atoms with Gasteiger partial charge in [-0.1, -0.05) is 30.3 Å². The van der Waals surface area contributed by atoms with E-state index in [1.807, 2.05) is 55.7 Å². The van der Waals surface area contributed by atoms with Crippen LogP contribution < -0.4 is 10.2 Å². The fourth-order valence-corrected chi connectivity index (χ4v) is 3.79. The molecule has 158 valence electrons. The van der Waals surface area contributed by atoms with Crippen molar-refractivity contribution in [3.8, 4) is 0 Å². The molecule has 1 N–H and O–H groups in total. The maximum Gasteiger partial charge on any atom is 0.407 e. The van der Waals surface area contributed by atoms with Crippen molar-refractivity contribution in [2.45, 2.75) is 45.4 Å².